The summed E-state index contributed by atoms with van der Waals surface area (Å²) in [4.78, 5) is 10.7. The lowest BCUT2D eigenvalue weighted by molar-refractivity contribution is -0.187. The van der Waals surface area contributed by atoms with Crippen LogP contribution in [0.2, 0.25) is 0 Å². The third kappa shape index (κ3) is 8.65. The second-order valence-electron chi connectivity index (χ2n) is 2.97. The van der Waals surface area contributed by atoms with Gasteiger partial charge in [-0.1, -0.05) is 18.7 Å². The van der Waals surface area contributed by atoms with E-state index in [1.807, 2.05) is 0 Å². The van der Waals surface area contributed by atoms with Gasteiger partial charge in [-0.25, -0.2) is 8.78 Å². The number of hydrogen-bond donors (Lipinski definition) is 0. The zero-order valence-corrected chi connectivity index (χ0v) is 8.85. The lowest BCUT2D eigenvalue weighted by Crippen LogP contribution is -2.26. The van der Waals surface area contributed by atoms with Gasteiger partial charge in [-0.3, -0.25) is 4.79 Å². The second kappa shape index (κ2) is 5.67. The summed E-state index contributed by atoms with van der Waals surface area (Å²) in [6, 6.07) is 0. The van der Waals surface area contributed by atoms with E-state index in [4.69, 9.17) is 0 Å². The van der Waals surface area contributed by atoms with Gasteiger partial charge in [0, 0.05) is 18.6 Å². The summed E-state index contributed by atoms with van der Waals surface area (Å²) < 4.78 is 60.2. The van der Waals surface area contributed by atoms with E-state index in [1.54, 1.807) is 6.92 Å². The van der Waals surface area contributed by atoms with Crippen molar-refractivity contribution in [1.82, 2.24) is 0 Å². The molecule has 0 aromatic rings. The van der Waals surface area contributed by atoms with Crippen molar-refractivity contribution in [1.29, 1.82) is 0 Å². The van der Waals surface area contributed by atoms with Crippen LogP contribution < -0.4 is 0 Å². The summed E-state index contributed by atoms with van der Waals surface area (Å²) in [5.74, 6) is -4.06. The smallest absolute Gasteiger partial charge is 0.287 e. The fourth-order valence-electron chi connectivity index (χ4n) is 0.798. The van der Waals surface area contributed by atoms with E-state index < -0.39 is 24.9 Å². The molecule has 0 N–H and O–H groups in total. The minimum Gasteiger partial charge on any atom is -0.287 e. The highest BCUT2D eigenvalue weighted by atomic mass is 32.2. The van der Waals surface area contributed by atoms with Crippen LogP contribution in [0.1, 0.15) is 26.2 Å². The molecule has 0 saturated heterocycles. The quantitative estimate of drug-likeness (QED) is 0.693. The molecule has 0 aliphatic heterocycles. The van der Waals surface area contributed by atoms with E-state index in [1.165, 1.54) is 0 Å². The minimum atomic E-state index is -4.87. The van der Waals surface area contributed by atoms with Gasteiger partial charge in [0.05, 0.1) is 0 Å². The van der Waals surface area contributed by atoms with Gasteiger partial charge >= 0.3 is 6.18 Å². The van der Waals surface area contributed by atoms with Gasteiger partial charge in [-0.15, -0.1) is 0 Å². The van der Waals surface area contributed by atoms with Crippen molar-refractivity contribution in [3.8, 4) is 0 Å². The Morgan fingerprint density at radius 1 is 1.20 bits per heavy atom. The highest BCUT2D eigenvalue weighted by Crippen LogP contribution is 2.34. The van der Waals surface area contributed by atoms with Gasteiger partial charge < -0.3 is 0 Å². The highest BCUT2D eigenvalue weighted by Gasteiger charge is 2.42. The van der Waals surface area contributed by atoms with Gasteiger partial charge in [-0.2, -0.15) is 13.2 Å². The Labute approximate surface area is 88.4 Å². The van der Waals surface area contributed by atoms with Crippen LogP contribution in [-0.2, 0) is 4.79 Å². The third-order valence-corrected chi connectivity index (χ3v) is 2.50. The van der Waals surface area contributed by atoms with E-state index in [0.29, 0.717) is 11.8 Å². The van der Waals surface area contributed by atoms with Crippen LogP contribution in [-0.4, -0.2) is 23.0 Å². The highest BCUT2D eigenvalue weighted by molar-refractivity contribution is 8.13. The minimum absolute atomic E-state index is 0.190. The molecule has 7 heteroatoms. The Kier molecular flexibility index (Phi) is 5.55. The molecular formula is C8H11F5OS. The Morgan fingerprint density at radius 2 is 1.73 bits per heavy atom. The molecule has 0 aromatic heterocycles. The molecule has 0 unspecified atom stereocenters. The molecule has 0 rings (SSSR count). The summed E-state index contributed by atoms with van der Waals surface area (Å²) in [5.41, 5.74) is 0. The molecule has 0 amide bonds. The number of rotatable bonds is 5. The zero-order valence-electron chi connectivity index (χ0n) is 8.03. The van der Waals surface area contributed by atoms with Crippen molar-refractivity contribution in [2.24, 2.45) is 0 Å². The van der Waals surface area contributed by atoms with Crippen LogP contribution in [0.5, 0.6) is 0 Å². The summed E-state index contributed by atoms with van der Waals surface area (Å²) in [6.45, 7) is 1.56. The third-order valence-electron chi connectivity index (χ3n) is 1.48. The first kappa shape index (κ1) is 14.7. The molecule has 0 bridgehead atoms. The molecule has 0 saturated carbocycles. The molecule has 0 fully saturated rings. The van der Waals surface area contributed by atoms with Gasteiger partial charge in [-0.05, 0) is 0 Å². The van der Waals surface area contributed by atoms with E-state index in [0.717, 1.165) is 0 Å². The maximum atomic E-state index is 12.6. The first-order chi connectivity index (χ1) is 6.66. The van der Waals surface area contributed by atoms with Crippen LogP contribution in [0.4, 0.5) is 22.0 Å². The van der Waals surface area contributed by atoms with Crippen molar-refractivity contribution in [2.45, 2.75) is 38.3 Å². The predicted octanol–water partition coefficient (Wildman–Crippen LogP) is 3.63. The Hall–Kier alpha value is -0.330. The van der Waals surface area contributed by atoms with Crippen molar-refractivity contribution in [3.63, 3.8) is 0 Å². The van der Waals surface area contributed by atoms with Crippen LogP contribution in [0.3, 0.4) is 0 Å². The number of thioether (sulfide) groups is 1. The van der Waals surface area contributed by atoms with Crippen molar-refractivity contribution in [3.05, 3.63) is 0 Å². The van der Waals surface area contributed by atoms with E-state index in [-0.39, 0.29) is 17.3 Å². The molecular weight excluding hydrogens is 239 g/mol. The molecule has 0 atom stereocenters. The van der Waals surface area contributed by atoms with Crippen molar-refractivity contribution in [2.75, 3.05) is 5.75 Å². The van der Waals surface area contributed by atoms with Gasteiger partial charge in [0.15, 0.2) is 5.12 Å². The fraction of sp³-hybridized carbons (Fsp3) is 0.875. The predicted molar refractivity (Wildman–Crippen MR) is 48.0 cm³/mol. The summed E-state index contributed by atoms with van der Waals surface area (Å²) in [7, 11) is 0. The average molecular weight is 250 g/mol. The SMILES string of the molecule is CCC(=O)SCCC(F)(F)CC(F)(F)F. The normalized spacial score (nSPS) is 12.9. The lowest BCUT2D eigenvalue weighted by atomic mass is 10.2. The van der Waals surface area contributed by atoms with Gasteiger partial charge in [0.25, 0.3) is 5.92 Å². The molecule has 0 radical (unpaired) electrons. The largest absolute Gasteiger partial charge is 0.394 e. The summed E-state index contributed by atoms with van der Waals surface area (Å²) in [6.07, 6.45) is -7.73. The number of alkyl halides is 5. The van der Waals surface area contributed by atoms with Crippen LogP contribution in [0.15, 0.2) is 0 Å². The molecule has 1 nitrogen and oxygen atoms in total. The van der Waals surface area contributed by atoms with E-state index >= 15 is 0 Å². The first-order valence-corrected chi connectivity index (χ1v) is 5.25. The summed E-state index contributed by atoms with van der Waals surface area (Å²) >= 11 is 0.643. The van der Waals surface area contributed by atoms with Crippen molar-refractivity contribution < 1.29 is 26.7 Å². The number of hydrogen-bond acceptors (Lipinski definition) is 2. The summed E-state index contributed by atoms with van der Waals surface area (Å²) in [5, 5.41) is -0.294. The van der Waals surface area contributed by atoms with Gasteiger partial charge in [0.2, 0.25) is 0 Å². The zero-order chi connectivity index (χ0) is 12.1. The molecule has 15 heavy (non-hydrogen) atoms. The van der Waals surface area contributed by atoms with Gasteiger partial charge in [0.1, 0.15) is 6.42 Å². The van der Waals surface area contributed by atoms with Crippen LogP contribution in [0, 0.1) is 0 Å². The van der Waals surface area contributed by atoms with E-state index in [9.17, 15) is 26.7 Å². The first-order valence-electron chi connectivity index (χ1n) is 4.26. The standard InChI is InChI=1S/C8H11F5OS/c1-2-6(14)15-4-3-7(9,10)5-8(11,12)13/h2-5H2,1H3. The number of carbonyl (C=O) groups is 1. The molecule has 0 aliphatic carbocycles. The molecule has 0 aliphatic rings. The second-order valence-corrected chi connectivity index (χ2v) is 4.12. The lowest BCUT2D eigenvalue weighted by Gasteiger charge is -2.17. The molecule has 0 spiro atoms. The topological polar surface area (TPSA) is 17.1 Å². The number of halogens is 5. The van der Waals surface area contributed by atoms with Crippen molar-refractivity contribution >= 4 is 16.9 Å². The Bertz CT molecular complexity index is 214. The maximum Gasteiger partial charge on any atom is 0.394 e. The Morgan fingerprint density at radius 3 is 2.13 bits per heavy atom. The monoisotopic (exact) mass is 250 g/mol. The van der Waals surface area contributed by atoms with Crippen LogP contribution >= 0.6 is 11.8 Å². The molecule has 0 heterocycles. The average Bonchev–Trinajstić information content (AvgIpc) is 1.98. The molecule has 0 aromatic carbocycles. The fourth-order valence-corrected chi connectivity index (χ4v) is 1.63. The maximum absolute atomic E-state index is 12.6. The number of carbonyl (C=O) groups excluding carboxylic acids is 1. The van der Waals surface area contributed by atoms with E-state index in [2.05, 4.69) is 0 Å². The Balaban J connectivity index is 3.89. The molecule has 90 valence electrons. The van der Waals surface area contributed by atoms with Crippen LogP contribution in [0.25, 0.3) is 0 Å².